The number of carbonyl (C=O) groups is 2. The van der Waals surface area contributed by atoms with E-state index in [0.29, 0.717) is 23.0 Å². The molecule has 2 heterocycles. The molecule has 29 heavy (non-hydrogen) atoms. The van der Waals surface area contributed by atoms with Gasteiger partial charge in [-0.05, 0) is 67.1 Å². The summed E-state index contributed by atoms with van der Waals surface area (Å²) < 4.78 is 0. The molecular formula is C24H27ClN2O2. The predicted octanol–water partition coefficient (Wildman–Crippen LogP) is 4.97. The molecule has 152 valence electrons. The van der Waals surface area contributed by atoms with E-state index in [-0.39, 0.29) is 18.4 Å². The largest absolute Gasteiger partial charge is 0.303 e. The van der Waals surface area contributed by atoms with Crippen LogP contribution in [0.3, 0.4) is 0 Å². The molecule has 4 nitrogen and oxygen atoms in total. The maximum absolute atomic E-state index is 12.7. The number of carbonyl (C=O) groups excluding carboxylic acids is 2. The van der Waals surface area contributed by atoms with E-state index in [9.17, 15) is 9.59 Å². The van der Waals surface area contributed by atoms with Gasteiger partial charge in [0, 0.05) is 11.6 Å². The summed E-state index contributed by atoms with van der Waals surface area (Å²) in [5.41, 5.74) is 3.07. The van der Waals surface area contributed by atoms with Crippen LogP contribution in [0.25, 0.3) is 0 Å². The number of amides is 2. The van der Waals surface area contributed by atoms with Gasteiger partial charge in [0.05, 0.1) is 17.7 Å². The molecule has 2 aromatic carbocycles. The van der Waals surface area contributed by atoms with Crippen LogP contribution in [0.1, 0.15) is 64.4 Å². The lowest BCUT2D eigenvalue weighted by Crippen LogP contribution is -2.35. The van der Waals surface area contributed by atoms with E-state index in [1.807, 2.05) is 12.1 Å². The van der Waals surface area contributed by atoms with Gasteiger partial charge in [0.25, 0.3) is 11.8 Å². The molecule has 0 unspecified atom stereocenters. The van der Waals surface area contributed by atoms with Gasteiger partial charge in [0.15, 0.2) is 0 Å². The predicted molar refractivity (Wildman–Crippen MR) is 115 cm³/mol. The van der Waals surface area contributed by atoms with Crippen molar-refractivity contribution in [3.05, 3.63) is 69.7 Å². The van der Waals surface area contributed by atoms with Crippen LogP contribution in [-0.2, 0) is 6.54 Å². The fourth-order valence-electron chi connectivity index (χ4n) is 4.51. The summed E-state index contributed by atoms with van der Waals surface area (Å²) in [5, 5.41) is 0.776. The molecule has 0 spiro atoms. The second-order valence-corrected chi connectivity index (χ2v) is 8.97. The highest BCUT2D eigenvalue weighted by molar-refractivity contribution is 6.31. The Morgan fingerprint density at radius 1 is 1.00 bits per heavy atom. The van der Waals surface area contributed by atoms with Gasteiger partial charge in [-0.25, -0.2) is 0 Å². The molecule has 2 aliphatic rings. The van der Waals surface area contributed by atoms with E-state index in [2.05, 4.69) is 24.8 Å². The third kappa shape index (κ3) is 4.10. The standard InChI is InChI=1S/C24H27ClN2O2/c1-16(2)14-26-11-9-18(10-12-26)21-13-17(7-8-22(21)25)15-27-23(28)19-5-3-4-6-20(19)24(27)29/h3-8,13,16,18H,9-12,14-15H2,1-2H3. The topological polar surface area (TPSA) is 40.6 Å². The molecule has 1 fully saturated rings. The smallest absolute Gasteiger partial charge is 0.261 e. The Kier molecular flexibility index (Phi) is 5.75. The van der Waals surface area contributed by atoms with E-state index < -0.39 is 0 Å². The van der Waals surface area contributed by atoms with Gasteiger partial charge in [-0.2, -0.15) is 0 Å². The summed E-state index contributed by atoms with van der Waals surface area (Å²) >= 11 is 6.54. The zero-order valence-corrected chi connectivity index (χ0v) is 17.8. The lowest BCUT2D eigenvalue weighted by Gasteiger charge is -2.33. The Morgan fingerprint density at radius 3 is 2.21 bits per heavy atom. The molecule has 0 atom stereocenters. The maximum atomic E-state index is 12.7. The number of hydrogen-bond acceptors (Lipinski definition) is 3. The van der Waals surface area contributed by atoms with E-state index in [4.69, 9.17) is 11.6 Å². The Balaban J connectivity index is 1.49. The van der Waals surface area contributed by atoms with Crippen LogP contribution < -0.4 is 0 Å². The first-order valence-electron chi connectivity index (χ1n) is 10.4. The fourth-order valence-corrected chi connectivity index (χ4v) is 4.78. The van der Waals surface area contributed by atoms with Gasteiger partial charge in [-0.15, -0.1) is 0 Å². The highest BCUT2D eigenvalue weighted by atomic mass is 35.5. The summed E-state index contributed by atoms with van der Waals surface area (Å²) in [6, 6.07) is 12.9. The Morgan fingerprint density at radius 2 is 1.62 bits per heavy atom. The van der Waals surface area contributed by atoms with E-state index in [1.165, 1.54) is 4.90 Å². The Bertz CT molecular complexity index is 897. The van der Waals surface area contributed by atoms with Crippen LogP contribution >= 0.6 is 11.6 Å². The number of piperidine rings is 1. The number of hydrogen-bond donors (Lipinski definition) is 0. The van der Waals surface area contributed by atoms with Crippen molar-refractivity contribution in [3.8, 4) is 0 Å². The monoisotopic (exact) mass is 410 g/mol. The van der Waals surface area contributed by atoms with Crippen molar-refractivity contribution >= 4 is 23.4 Å². The highest BCUT2D eigenvalue weighted by Crippen LogP contribution is 2.34. The lowest BCUT2D eigenvalue weighted by molar-refractivity contribution is 0.0642. The first kappa shape index (κ1) is 20.1. The quantitative estimate of drug-likeness (QED) is 0.653. The molecule has 2 aliphatic heterocycles. The average Bonchev–Trinajstić information content (AvgIpc) is 2.95. The SMILES string of the molecule is CC(C)CN1CCC(c2cc(CN3C(=O)c4ccccc4C3=O)ccc2Cl)CC1. The summed E-state index contributed by atoms with van der Waals surface area (Å²) in [6.07, 6.45) is 2.17. The molecule has 5 heteroatoms. The number of imide groups is 1. The molecule has 0 N–H and O–H groups in total. The molecule has 0 bridgehead atoms. The summed E-state index contributed by atoms with van der Waals surface area (Å²) in [5.74, 6) is 0.666. The molecular weight excluding hydrogens is 384 g/mol. The number of fused-ring (bicyclic) bond motifs is 1. The van der Waals surface area contributed by atoms with Crippen molar-refractivity contribution in [2.75, 3.05) is 19.6 Å². The van der Waals surface area contributed by atoms with Crippen molar-refractivity contribution in [2.24, 2.45) is 5.92 Å². The molecule has 2 aromatic rings. The van der Waals surface area contributed by atoms with Crippen LogP contribution in [0.2, 0.25) is 5.02 Å². The van der Waals surface area contributed by atoms with Crippen LogP contribution in [0.15, 0.2) is 42.5 Å². The Labute approximate surface area is 177 Å². The van der Waals surface area contributed by atoms with Gasteiger partial charge in [-0.1, -0.05) is 49.7 Å². The molecule has 0 saturated carbocycles. The minimum absolute atomic E-state index is 0.218. The second-order valence-electron chi connectivity index (χ2n) is 8.57. The van der Waals surface area contributed by atoms with Crippen LogP contribution in [-0.4, -0.2) is 41.2 Å². The van der Waals surface area contributed by atoms with Crippen molar-refractivity contribution < 1.29 is 9.59 Å². The number of benzene rings is 2. The van der Waals surface area contributed by atoms with E-state index >= 15 is 0 Å². The molecule has 4 rings (SSSR count). The summed E-state index contributed by atoms with van der Waals surface area (Å²) in [6.45, 7) is 8.10. The van der Waals surface area contributed by atoms with Gasteiger partial charge >= 0.3 is 0 Å². The molecule has 0 aliphatic carbocycles. The van der Waals surface area contributed by atoms with Gasteiger partial charge in [0.2, 0.25) is 0 Å². The van der Waals surface area contributed by atoms with Gasteiger partial charge in [-0.3, -0.25) is 14.5 Å². The minimum atomic E-state index is -0.218. The lowest BCUT2D eigenvalue weighted by atomic mass is 9.88. The number of rotatable bonds is 5. The third-order valence-electron chi connectivity index (χ3n) is 5.93. The summed E-state index contributed by atoms with van der Waals surface area (Å²) in [7, 11) is 0. The van der Waals surface area contributed by atoms with Crippen molar-refractivity contribution in [1.29, 1.82) is 0 Å². The summed E-state index contributed by atoms with van der Waals surface area (Å²) in [4.78, 5) is 29.2. The molecule has 0 radical (unpaired) electrons. The van der Waals surface area contributed by atoms with Gasteiger partial charge < -0.3 is 4.90 Å². The van der Waals surface area contributed by atoms with Crippen LogP contribution in [0.5, 0.6) is 0 Å². The zero-order valence-electron chi connectivity index (χ0n) is 17.0. The minimum Gasteiger partial charge on any atom is -0.303 e. The highest BCUT2D eigenvalue weighted by Gasteiger charge is 2.35. The zero-order chi connectivity index (χ0) is 20.5. The third-order valence-corrected chi connectivity index (χ3v) is 6.27. The molecule has 2 amide bonds. The van der Waals surface area contributed by atoms with Crippen molar-refractivity contribution in [3.63, 3.8) is 0 Å². The Hall–Kier alpha value is -2.17. The maximum Gasteiger partial charge on any atom is 0.261 e. The number of nitrogens with zero attached hydrogens (tertiary/aromatic N) is 2. The van der Waals surface area contributed by atoms with Crippen molar-refractivity contribution in [1.82, 2.24) is 9.80 Å². The molecule has 1 saturated heterocycles. The van der Waals surface area contributed by atoms with Crippen LogP contribution in [0.4, 0.5) is 0 Å². The normalized spacial score (nSPS) is 18.0. The average molecular weight is 411 g/mol. The van der Waals surface area contributed by atoms with Gasteiger partial charge in [0.1, 0.15) is 0 Å². The second kappa shape index (κ2) is 8.29. The van der Waals surface area contributed by atoms with E-state index in [0.717, 1.165) is 48.6 Å². The molecule has 0 aromatic heterocycles. The van der Waals surface area contributed by atoms with E-state index in [1.54, 1.807) is 24.3 Å². The first-order valence-corrected chi connectivity index (χ1v) is 10.8. The van der Waals surface area contributed by atoms with Crippen molar-refractivity contribution in [2.45, 2.75) is 39.2 Å². The number of likely N-dealkylation sites (tertiary alicyclic amines) is 1. The fraction of sp³-hybridized carbons (Fsp3) is 0.417. The first-order chi connectivity index (χ1) is 13.9. The van der Waals surface area contributed by atoms with Crippen LogP contribution in [0, 0.1) is 5.92 Å². The number of halogens is 1.